The molecule has 0 saturated carbocycles. The lowest BCUT2D eigenvalue weighted by Crippen LogP contribution is -2.55. The Labute approximate surface area is 136 Å². The second-order valence-corrected chi connectivity index (χ2v) is 6.26. The summed E-state index contributed by atoms with van der Waals surface area (Å²) in [7, 11) is 1.68. The highest BCUT2D eigenvalue weighted by Gasteiger charge is 2.41. The molecule has 0 bridgehead atoms. The average Bonchev–Trinajstić information content (AvgIpc) is 2.60. The van der Waals surface area contributed by atoms with Crippen molar-refractivity contribution in [3.05, 3.63) is 30.3 Å². The number of nitrogens with zero attached hydrogens (tertiary/aromatic N) is 3. The van der Waals surface area contributed by atoms with Gasteiger partial charge in [0.1, 0.15) is 5.41 Å². The number of piperazine rings is 1. The largest absolute Gasteiger partial charge is 0.342 e. The van der Waals surface area contributed by atoms with Crippen molar-refractivity contribution in [2.45, 2.75) is 13.8 Å². The van der Waals surface area contributed by atoms with E-state index in [1.807, 2.05) is 30.3 Å². The molecule has 1 heterocycles. The highest BCUT2D eigenvalue weighted by Crippen LogP contribution is 2.25. The molecule has 0 radical (unpaired) electrons. The zero-order valence-electron chi connectivity index (χ0n) is 13.9. The Morgan fingerprint density at radius 1 is 1.09 bits per heavy atom. The van der Waals surface area contributed by atoms with Gasteiger partial charge in [0.25, 0.3) is 0 Å². The summed E-state index contributed by atoms with van der Waals surface area (Å²) in [5, 5.41) is 0. The molecule has 23 heavy (non-hydrogen) atoms. The van der Waals surface area contributed by atoms with Gasteiger partial charge in [0.05, 0.1) is 0 Å². The molecule has 1 aromatic carbocycles. The van der Waals surface area contributed by atoms with E-state index < -0.39 is 5.41 Å². The fourth-order valence-electron chi connectivity index (χ4n) is 2.71. The third kappa shape index (κ3) is 3.52. The van der Waals surface area contributed by atoms with E-state index in [4.69, 9.17) is 0 Å². The first kappa shape index (κ1) is 17.0. The van der Waals surface area contributed by atoms with Crippen molar-refractivity contribution in [2.75, 3.05) is 38.1 Å². The van der Waals surface area contributed by atoms with Crippen molar-refractivity contribution in [1.29, 1.82) is 0 Å². The molecular weight excluding hydrogens is 294 g/mol. The molecule has 0 aliphatic carbocycles. The topological polar surface area (TPSA) is 60.9 Å². The zero-order chi connectivity index (χ0) is 17.0. The van der Waals surface area contributed by atoms with Crippen LogP contribution in [0, 0.1) is 5.41 Å². The maximum Gasteiger partial charge on any atom is 0.241 e. The van der Waals surface area contributed by atoms with Gasteiger partial charge in [0, 0.05) is 38.9 Å². The fraction of sp³-hybridized carbons (Fsp3) is 0.471. The van der Waals surface area contributed by atoms with E-state index >= 15 is 0 Å². The third-order valence-corrected chi connectivity index (χ3v) is 4.27. The monoisotopic (exact) mass is 317 g/mol. The second-order valence-electron chi connectivity index (χ2n) is 6.26. The summed E-state index contributed by atoms with van der Waals surface area (Å²) in [5.41, 5.74) is -0.391. The summed E-state index contributed by atoms with van der Waals surface area (Å²) in [4.78, 5) is 41.1. The Morgan fingerprint density at radius 2 is 1.65 bits per heavy atom. The minimum atomic E-state index is -1.14. The summed E-state index contributed by atoms with van der Waals surface area (Å²) in [6.45, 7) is 5.25. The Kier molecular flexibility index (Phi) is 5.03. The first-order valence-electron chi connectivity index (χ1n) is 7.70. The molecule has 3 amide bonds. The lowest BCUT2D eigenvalue weighted by Gasteiger charge is -2.37. The van der Waals surface area contributed by atoms with Gasteiger partial charge in [-0.1, -0.05) is 18.2 Å². The minimum absolute atomic E-state index is 0.198. The van der Waals surface area contributed by atoms with Crippen LogP contribution in [0.15, 0.2) is 30.3 Å². The van der Waals surface area contributed by atoms with Gasteiger partial charge in [0.15, 0.2) is 0 Å². The van der Waals surface area contributed by atoms with Gasteiger partial charge >= 0.3 is 0 Å². The zero-order valence-corrected chi connectivity index (χ0v) is 13.9. The highest BCUT2D eigenvalue weighted by molar-refractivity contribution is 6.10. The Hall–Kier alpha value is -2.37. The van der Waals surface area contributed by atoms with Crippen molar-refractivity contribution >= 4 is 23.9 Å². The number of rotatable bonds is 4. The van der Waals surface area contributed by atoms with Crippen LogP contribution in [0.5, 0.6) is 0 Å². The number of hydrogen-bond acceptors (Lipinski definition) is 3. The quantitative estimate of drug-likeness (QED) is 0.614. The van der Waals surface area contributed by atoms with Crippen LogP contribution in [0.1, 0.15) is 13.8 Å². The van der Waals surface area contributed by atoms with E-state index in [-0.39, 0.29) is 11.8 Å². The molecule has 6 nitrogen and oxygen atoms in total. The van der Waals surface area contributed by atoms with E-state index in [1.54, 1.807) is 30.7 Å². The molecule has 1 aliphatic heterocycles. The maximum atomic E-state index is 12.8. The van der Waals surface area contributed by atoms with Crippen LogP contribution in [0.4, 0.5) is 5.69 Å². The van der Waals surface area contributed by atoms with Crippen molar-refractivity contribution in [2.24, 2.45) is 5.41 Å². The number of anilines is 1. The third-order valence-electron chi connectivity index (χ3n) is 4.27. The molecule has 1 fully saturated rings. The Morgan fingerprint density at radius 3 is 2.17 bits per heavy atom. The lowest BCUT2D eigenvalue weighted by atomic mass is 9.89. The first-order valence-corrected chi connectivity index (χ1v) is 7.70. The van der Waals surface area contributed by atoms with Crippen LogP contribution in [-0.4, -0.2) is 61.3 Å². The van der Waals surface area contributed by atoms with Gasteiger partial charge < -0.3 is 14.7 Å². The normalized spacial score (nSPS) is 15.3. The molecule has 124 valence electrons. The second kappa shape index (κ2) is 6.81. The summed E-state index contributed by atoms with van der Waals surface area (Å²) < 4.78 is 0. The fourth-order valence-corrected chi connectivity index (χ4v) is 2.71. The van der Waals surface area contributed by atoms with Gasteiger partial charge in [-0.05, 0) is 26.0 Å². The summed E-state index contributed by atoms with van der Waals surface area (Å²) >= 11 is 0. The molecular formula is C17H23N3O3. The Bertz CT molecular complexity index is 578. The van der Waals surface area contributed by atoms with Crippen molar-refractivity contribution < 1.29 is 14.4 Å². The van der Waals surface area contributed by atoms with Crippen LogP contribution in [0.3, 0.4) is 0 Å². The number of amides is 3. The molecule has 1 aliphatic rings. The van der Waals surface area contributed by atoms with Gasteiger partial charge in [0.2, 0.25) is 18.2 Å². The van der Waals surface area contributed by atoms with Gasteiger partial charge in [-0.3, -0.25) is 14.4 Å². The summed E-state index contributed by atoms with van der Waals surface area (Å²) in [6.07, 6.45) is 0.793. The lowest BCUT2D eigenvalue weighted by molar-refractivity contribution is -0.149. The molecule has 6 heteroatoms. The molecule has 0 unspecified atom stereocenters. The Balaban J connectivity index is 2.09. The summed E-state index contributed by atoms with van der Waals surface area (Å²) in [5.74, 6) is -0.442. The molecule has 0 atom stereocenters. The van der Waals surface area contributed by atoms with Crippen molar-refractivity contribution in [1.82, 2.24) is 9.80 Å². The maximum absolute atomic E-state index is 12.8. The SMILES string of the molecule is CN(C(=O)C(C)(C)C(=O)N1CCN(C=O)CC1)c1ccccc1. The summed E-state index contributed by atoms with van der Waals surface area (Å²) in [6, 6.07) is 9.26. The predicted octanol–water partition coefficient (Wildman–Crippen LogP) is 0.976. The molecule has 0 aromatic heterocycles. The van der Waals surface area contributed by atoms with Gasteiger partial charge in [-0.2, -0.15) is 0 Å². The number of carbonyl (C=O) groups excluding carboxylic acids is 3. The van der Waals surface area contributed by atoms with Crippen LogP contribution in [0.25, 0.3) is 0 Å². The van der Waals surface area contributed by atoms with Crippen molar-refractivity contribution in [3.8, 4) is 0 Å². The first-order chi connectivity index (χ1) is 10.9. The van der Waals surface area contributed by atoms with Crippen LogP contribution < -0.4 is 4.90 Å². The molecule has 1 aromatic rings. The number of para-hydroxylation sites is 1. The van der Waals surface area contributed by atoms with E-state index in [2.05, 4.69) is 0 Å². The molecule has 2 rings (SSSR count). The van der Waals surface area contributed by atoms with Crippen molar-refractivity contribution in [3.63, 3.8) is 0 Å². The molecule has 0 N–H and O–H groups in total. The van der Waals surface area contributed by atoms with Crippen LogP contribution in [0.2, 0.25) is 0 Å². The highest BCUT2D eigenvalue weighted by atomic mass is 16.2. The van der Waals surface area contributed by atoms with Crippen LogP contribution in [-0.2, 0) is 14.4 Å². The average molecular weight is 317 g/mol. The van der Waals surface area contributed by atoms with E-state index in [1.165, 1.54) is 4.90 Å². The van der Waals surface area contributed by atoms with Crippen LogP contribution >= 0.6 is 0 Å². The molecule has 1 saturated heterocycles. The smallest absolute Gasteiger partial charge is 0.241 e. The number of hydrogen-bond donors (Lipinski definition) is 0. The standard InChI is InChI=1S/C17H23N3O3/c1-17(2,15(22)18(3)14-7-5-4-6-8-14)16(23)20-11-9-19(13-21)10-12-20/h4-8,13H,9-12H2,1-3H3. The van der Waals surface area contributed by atoms with Gasteiger partial charge in [-0.15, -0.1) is 0 Å². The van der Waals surface area contributed by atoms with Gasteiger partial charge in [-0.25, -0.2) is 0 Å². The number of carbonyl (C=O) groups is 3. The molecule has 0 spiro atoms. The van der Waals surface area contributed by atoms with E-state index in [0.29, 0.717) is 26.2 Å². The number of benzene rings is 1. The van der Waals surface area contributed by atoms with E-state index in [0.717, 1.165) is 12.1 Å². The predicted molar refractivity (Wildman–Crippen MR) is 87.9 cm³/mol. The van der Waals surface area contributed by atoms with E-state index in [9.17, 15) is 14.4 Å². The minimum Gasteiger partial charge on any atom is -0.342 e.